The molecule has 1 saturated heterocycles. The average molecular weight is 451 g/mol. The van der Waals surface area contributed by atoms with E-state index >= 15 is 0 Å². The molecule has 4 rings (SSSR count). The first-order valence-electron chi connectivity index (χ1n) is 11.3. The Morgan fingerprint density at radius 2 is 1.67 bits per heavy atom. The SMILES string of the molecule is COc1ccc(N2C(=O)C(c3ccc(OC(C)C)cc3)=C(N3CCCC(CO)C3)C2=O)cc1. The minimum absolute atomic E-state index is 0.0367. The molecule has 1 N–H and O–H groups in total. The van der Waals surface area contributed by atoms with Gasteiger partial charge in [-0.15, -0.1) is 0 Å². The molecule has 1 atom stereocenters. The molecule has 7 nitrogen and oxygen atoms in total. The van der Waals surface area contributed by atoms with Gasteiger partial charge in [0.1, 0.15) is 17.2 Å². The molecule has 174 valence electrons. The fourth-order valence-electron chi connectivity index (χ4n) is 4.43. The van der Waals surface area contributed by atoms with Crippen LogP contribution < -0.4 is 14.4 Å². The second-order valence-electron chi connectivity index (χ2n) is 8.70. The number of hydrogen-bond acceptors (Lipinski definition) is 6. The van der Waals surface area contributed by atoms with Gasteiger partial charge in [-0.3, -0.25) is 9.59 Å². The summed E-state index contributed by atoms with van der Waals surface area (Å²) in [5.74, 6) is 0.726. The predicted octanol–water partition coefficient (Wildman–Crippen LogP) is 3.47. The smallest absolute Gasteiger partial charge is 0.282 e. The number of imide groups is 1. The maximum absolute atomic E-state index is 13.6. The lowest BCUT2D eigenvalue weighted by Crippen LogP contribution is -2.40. The quantitative estimate of drug-likeness (QED) is 0.651. The Hall–Kier alpha value is -3.32. The lowest BCUT2D eigenvalue weighted by atomic mass is 9.97. The molecule has 0 spiro atoms. The van der Waals surface area contributed by atoms with Gasteiger partial charge in [0.15, 0.2) is 0 Å². The van der Waals surface area contributed by atoms with Crippen molar-refractivity contribution in [2.75, 3.05) is 31.7 Å². The highest BCUT2D eigenvalue weighted by molar-refractivity contribution is 6.45. The van der Waals surface area contributed by atoms with Gasteiger partial charge >= 0.3 is 0 Å². The number of amides is 2. The van der Waals surface area contributed by atoms with Crippen molar-refractivity contribution >= 4 is 23.1 Å². The molecule has 0 aromatic heterocycles. The van der Waals surface area contributed by atoms with E-state index in [-0.39, 0.29) is 30.4 Å². The molecule has 0 saturated carbocycles. The molecular formula is C26H30N2O5. The third-order valence-electron chi connectivity index (χ3n) is 6.00. The number of hydrogen-bond donors (Lipinski definition) is 1. The summed E-state index contributed by atoms with van der Waals surface area (Å²) < 4.78 is 10.9. The van der Waals surface area contributed by atoms with Gasteiger partial charge in [0.05, 0.1) is 24.5 Å². The van der Waals surface area contributed by atoms with Crippen LogP contribution in [0.4, 0.5) is 5.69 Å². The largest absolute Gasteiger partial charge is 0.497 e. The Labute approximate surface area is 194 Å². The lowest BCUT2D eigenvalue weighted by molar-refractivity contribution is -0.120. The topological polar surface area (TPSA) is 79.3 Å². The predicted molar refractivity (Wildman–Crippen MR) is 126 cm³/mol. The number of likely N-dealkylation sites (tertiary alicyclic amines) is 1. The number of methoxy groups -OCH3 is 1. The van der Waals surface area contributed by atoms with Crippen LogP contribution >= 0.6 is 0 Å². The van der Waals surface area contributed by atoms with Crippen molar-refractivity contribution in [3.05, 3.63) is 59.8 Å². The fourth-order valence-corrected chi connectivity index (χ4v) is 4.43. The molecule has 2 aromatic rings. The molecule has 7 heteroatoms. The number of aliphatic hydroxyl groups is 1. The summed E-state index contributed by atoms with van der Waals surface area (Å²) in [7, 11) is 1.57. The van der Waals surface area contributed by atoms with E-state index in [0.717, 1.165) is 12.8 Å². The van der Waals surface area contributed by atoms with Crippen LogP contribution in [0.2, 0.25) is 0 Å². The molecular weight excluding hydrogens is 420 g/mol. The van der Waals surface area contributed by atoms with E-state index in [9.17, 15) is 14.7 Å². The minimum atomic E-state index is -0.358. The summed E-state index contributed by atoms with van der Waals surface area (Å²) in [4.78, 5) is 30.5. The van der Waals surface area contributed by atoms with E-state index < -0.39 is 0 Å². The standard InChI is InChI=1S/C26H30N2O5/c1-17(2)33-22-10-6-19(7-11-22)23-24(27-14-4-5-18(15-27)16-29)26(31)28(25(23)30)20-8-12-21(32-3)13-9-20/h6-13,17-18,29H,4-5,14-16H2,1-3H3. The normalized spacial score (nSPS) is 19.0. The third kappa shape index (κ3) is 4.59. The first-order valence-corrected chi connectivity index (χ1v) is 11.3. The van der Waals surface area contributed by atoms with E-state index in [4.69, 9.17) is 9.47 Å². The van der Waals surface area contributed by atoms with Crippen LogP contribution in [0, 0.1) is 5.92 Å². The average Bonchev–Trinajstić information content (AvgIpc) is 3.09. The number of piperidine rings is 1. The van der Waals surface area contributed by atoms with Crippen molar-refractivity contribution in [1.29, 1.82) is 0 Å². The van der Waals surface area contributed by atoms with Crippen LogP contribution in [0.15, 0.2) is 54.2 Å². The monoisotopic (exact) mass is 450 g/mol. The van der Waals surface area contributed by atoms with Crippen molar-refractivity contribution < 1.29 is 24.2 Å². The van der Waals surface area contributed by atoms with Crippen molar-refractivity contribution in [3.8, 4) is 11.5 Å². The first kappa shape index (κ1) is 22.9. The molecule has 0 aliphatic carbocycles. The molecule has 33 heavy (non-hydrogen) atoms. The summed E-state index contributed by atoms with van der Waals surface area (Å²) in [5, 5.41) is 9.70. The Kier molecular flexibility index (Phi) is 6.70. The molecule has 0 bridgehead atoms. The summed E-state index contributed by atoms with van der Waals surface area (Å²) in [6.07, 6.45) is 1.80. The Balaban J connectivity index is 1.75. The van der Waals surface area contributed by atoms with Crippen LogP contribution in [0.25, 0.3) is 5.57 Å². The van der Waals surface area contributed by atoms with E-state index in [0.29, 0.717) is 47.1 Å². The number of benzene rings is 2. The third-order valence-corrected chi connectivity index (χ3v) is 6.00. The summed E-state index contributed by atoms with van der Waals surface area (Å²) in [6, 6.07) is 14.2. The molecule has 2 heterocycles. The maximum Gasteiger partial charge on any atom is 0.282 e. The lowest BCUT2D eigenvalue weighted by Gasteiger charge is -2.34. The van der Waals surface area contributed by atoms with Crippen molar-refractivity contribution in [2.45, 2.75) is 32.8 Å². The summed E-state index contributed by atoms with van der Waals surface area (Å²) >= 11 is 0. The minimum Gasteiger partial charge on any atom is -0.497 e. The number of rotatable bonds is 7. The van der Waals surface area contributed by atoms with Crippen LogP contribution in [0.1, 0.15) is 32.3 Å². The van der Waals surface area contributed by atoms with Gasteiger partial charge in [-0.25, -0.2) is 4.90 Å². The van der Waals surface area contributed by atoms with E-state index in [1.165, 1.54) is 4.90 Å². The number of carbonyl (C=O) groups is 2. The van der Waals surface area contributed by atoms with Gasteiger partial charge in [-0.2, -0.15) is 0 Å². The summed E-state index contributed by atoms with van der Waals surface area (Å²) in [6.45, 7) is 5.17. The molecule has 2 aromatic carbocycles. The molecule has 2 aliphatic rings. The molecule has 0 radical (unpaired) electrons. The van der Waals surface area contributed by atoms with E-state index in [1.807, 2.05) is 43.0 Å². The maximum atomic E-state index is 13.6. The number of nitrogens with zero attached hydrogens (tertiary/aromatic N) is 2. The molecule has 2 amide bonds. The van der Waals surface area contributed by atoms with Gasteiger partial charge in [0.2, 0.25) is 0 Å². The zero-order valence-electron chi connectivity index (χ0n) is 19.3. The highest BCUT2D eigenvalue weighted by Crippen LogP contribution is 2.37. The number of ether oxygens (including phenoxy) is 2. The van der Waals surface area contributed by atoms with Crippen LogP contribution in [-0.2, 0) is 9.59 Å². The van der Waals surface area contributed by atoms with Gasteiger partial charge in [0, 0.05) is 19.7 Å². The highest BCUT2D eigenvalue weighted by Gasteiger charge is 2.43. The fraction of sp³-hybridized carbons (Fsp3) is 0.385. The highest BCUT2D eigenvalue weighted by atomic mass is 16.5. The molecule has 2 aliphatic heterocycles. The Morgan fingerprint density at radius 3 is 2.27 bits per heavy atom. The first-order chi connectivity index (χ1) is 15.9. The van der Waals surface area contributed by atoms with Crippen LogP contribution in [-0.4, -0.2) is 54.7 Å². The Bertz CT molecular complexity index is 1040. The second kappa shape index (κ2) is 9.67. The van der Waals surface area contributed by atoms with Crippen molar-refractivity contribution in [1.82, 2.24) is 4.90 Å². The number of aliphatic hydroxyl groups excluding tert-OH is 1. The zero-order chi connectivity index (χ0) is 23.5. The van der Waals surface area contributed by atoms with Gasteiger partial charge in [-0.05, 0) is 74.6 Å². The van der Waals surface area contributed by atoms with Crippen LogP contribution in [0.5, 0.6) is 11.5 Å². The van der Waals surface area contributed by atoms with Gasteiger partial charge in [-0.1, -0.05) is 12.1 Å². The number of carbonyl (C=O) groups excluding carboxylic acids is 2. The van der Waals surface area contributed by atoms with Gasteiger partial charge < -0.3 is 19.5 Å². The summed E-state index contributed by atoms with van der Waals surface area (Å²) in [5.41, 5.74) is 1.94. The van der Waals surface area contributed by atoms with Crippen molar-refractivity contribution in [3.63, 3.8) is 0 Å². The van der Waals surface area contributed by atoms with E-state index in [1.54, 1.807) is 31.4 Å². The van der Waals surface area contributed by atoms with E-state index in [2.05, 4.69) is 0 Å². The zero-order valence-corrected chi connectivity index (χ0v) is 19.3. The molecule has 1 unspecified atom stereocenters. The van der Waals surface area contributed by atoms with Gasteiger partial charge in [0.25, 0.3) is 11.8 Å². The van der Waals surface area contributed by atoms with Crippen LogP contribution in [0.3, 0.4) is 0 Å². The molecule has 1 fully saturated rings. The Morgan fingerprint density at radius 1 is 1.00 bits per heavy atom. The van der Waals surface area contributed by atoms with Crippen molar-refractivity contribution in [2.24, 2.45) is 5.92 Å². The number of anilines is 1. The second-order valence-corrected chi connectivity index (χ2v) is 8.70.